The summed E-state index contributed by atoms with van der Waals surface area (Å²) in [7, 11) is 0. The summed E-state index contributed by atoms with van der Waals surface area (Å²) < 4.78 is 0. The van der Waals surface area contributed by atoms with Gasteiger partial charge in [-0.15, -0.1) is 12.4 Å². The second kappa shape index (κ2) is 10.0. The lowest BCUT2D eigenvalue weighted by molar-refractivity contribution is -0.122. The van der Waals surface area contributed by atoms with E-state index in [0.29, 0.717) is 6.54 Å². The van der Waals surface area contributed by atoms with Crippen LogP contribution in [0.4, 0.5) is 0 Å². The minimum absolute atomic E-state index is 0. The van der Waals surface area contributed by atoms with E-state index in [1.165, 1.54) is 49.9 Å². The smallest absolute Gasteiger partial charge is 0.237 e. The van der Waals surface area contributed by atoms with Crippen LogP contribution in [-0.2, 0) is 17.9 Å². The Kier molecular flexibility index (Phi) is 8.03. The van der Waals surface area contributed by atoms with Gasteiger partial charge in [0.15, 0.2) is 0 Å². The number of hydrogen-bond acceptors (Lipinski definition) is 3. The average molecular weight is 352 g/mol. The molecule has 2 heterocycles. The first kappa shape index (κ1) is 19.2. The Labute approximate surface area is 151 Å². The predicted octanol–water partition coefficient (Wildman–Crippen LogP) is 2.85. The third-order valence-corrected chi connectivity index (χ3v) is 5.04. The van der Waals surface area contributed by atoms with Gasteiger partial charge >= 0.3 is 0 Å². The van der Waals surface area contributed by atoms with Gasteiger partial charge in [-0.05, 0) is 56.4 Å². The van der Waals surface area contributed by atoms with E-state index >= 15 is 0 Å². The number of carbonyl (C=O) groups excluding carboxylic acids is 1. The van der Waals surface area contributed by atoms with E-state index in [1.807, 2.05) is 0 Å². The monoisotopic (exact) mass is 351 g/mol. The van der Waals surface area contributed by atoms with Crippen molar-refractivity contribution in [3.63, 3.8) is 0 Å². The van der Waals surface area contributed by atoms with E-state index in [0.717, 1.165) is 25.9 Å². The van der Waals surface area contributed by atoms with Gasteiger partial charge in [0.1, 0.15) is 0 Å². The van der Waals surface area contributed by atoms with Gasteiger partial charge in [0, 0.05) is 13.1 Å². The van der Waals surface area contributed by atoms with Crippen LogP contribution < -0.4 is 10.6 Å². The molecule has 24 heavy (non-hydrogen) atoms. The molecule has 0 saturated carbocycles. The molecule has 0 radical (unpaired) electrons. The molecular formula is C19H30ClN3O. The zero-order valence-corrected chi connectivity index (χ0v) is 15.2. The summed E-state index contributed by atoms with van der Waals surface area (Å²) in [5, 5.41) is 6.37. The highest BCUT2D eigenvalue weighted by atomic mass is 35.5. The number of carbonyl (C=O) groups is 1. The van der Waals surface area contributed by atoms with Crippen LogP contribution in [0.3, 0.4) is 0 Å². The Balaban J connectivity index is 0.00000208. The Morgan fingerprint density at radius 1 is 1.08 bits per heavy atom. The summed E-state index contributed by atoms with van der Waals surface area (Å²) in [6.07, 6.45) is 7.41. The number of benzene rings is 1. The standard InChI is InChI=1S/C19H29N3O.ClH/c23-19(18-10-7-11-20-18)21-14-16-8-3-4-9-17(16)15-22-12-5-1-2-6-13-22;/h3-4,8-9,18,20H,1-2,5-7,10-15H2,(H,21,23);1H. The van der Waals surface area contributed by atoms with E-state index in [9.17, 15) is 4.79 Å². The molecule has 2 aliphatic rings. The highest BCUT2D eigenvalue weighted by Gasteiger charge is 2.21. The number of rotatable bonds is 5. The molecule has 4 nitrogen and oxygen atoms in total. The molecule has 0 bridgehead atoms. The van der Waals surface area contributed by atoms with Gasteiger partial charge < -0.3 is 10.6 Å². The molecule has 1 aromatic rings. The summed E-state index contributed by atoms with van der Waals surface area (Å²) in [4.78, 5) is 14.7. The van der Waals surface area contributed by atoms with Crippen molar-refractivity contribution in [1.82, 2.24) is 15.5 Å². The second-order valence-electron chi connectivity index (χ2n) is 6.83. The van der Waals surface area contributed by atoms with Gasteiger partial charge in [-0.3, -0.25) is 9.69 Å². The van der Waals surface area contributed by atoms with Crippen LogP contribution in [0, 0.1) is 0 Å². The van der Waals surface area contributed by atoms with Gasteiger partial charge in [-0.2, -0.15) is 0 Å². The van der Waals surface area contributed by atoms with Gasteiger partial charge in [0.2, 0.25) is 5.91 Å². The molecule has 1 amide bonds. The van der Waals surface area contributed by atoms with Crippen LogP contribution in [0.2, 0.25) is 0 Å². The maximum atomic E-state index is 12.2. The van der Waals surface area contributed by atoms with Gasteiger partial charge in [0.25, 0.3) is 0 Å². The molecule has 1 unspecified atom stereocenters. The number of nitrogens with zero attached hydrogens (tertiary/aromatic N) is 1. The van der Waals surface area contributed by atoms with Gasteiger partial charge in [-0.25, -0.2) is 0 Å². The number of halogens is 1. The fraction of sp³-hybridized carbons (Fsp3) is 0.632. The summed E-state index contributed by atoms with van der Waals surface area (Å²) >= 11 is 0. The first-order valence-electron chi connectivity index (χ1n) is 9.13. The lowest BCUT2D eigenvalue weighted by atomic mass is 10.1. The third kappa shape index (κ3) is 5.47. The topological polar surface area (TPSA) is 44.4 Å². The number of likely N-dealkylation sites (tertiary alicyclic amines) is 1. The van der Waals surface area contributed by atoms with E-state index < -0.39 is 0 Å². The van der Waals surface area contributed by atoms with Crippen LogP contribution in [0.5, 0.6) is 0 Å². The maximum Gasteiger partial charge on any atom is 0.237 e. The highest BCUT2D eigenvalue weighted by Crippen LogP contribution is 2.16. The number of amides is 1. The van der Waals surface area contributed by atoms with E-state index in [2.05, 4.69) is 39.8 Å². The molecule has 2 fully saturated rings. The molecule has 2 aliphatic heterocycles. The predicted molar refractivity (Wildman–Crippen MR) is 100 cm³/mol. The second-order valence-corrected chi connectivity index (χ2v) is 6.83. The fourth-order valence-electron chi connectivity index (χ4n) is 3.63. The van der Waals surface area contributed by atoms with Crippen molar-refractivity contribution in [1.29, 1.82) is 0 Å². The molecule has 0 spiro atoms. The quantitative estimate of drug-likeness (QED) is 0.857. The molecule has 134 valence electrons. The molecule has 0 aliphatic carbocycles. The molecule has 2 saturated heterocycles. The van der Waals surface area contributed by atoms with Crippen LogP contribution >= 0.6 is 12.4 Å². The average Bonchev–Trinajstić information content (AvgIpc) is 3.00. The van der Waals surface area contributed by atoms with Crippen molar-refractivity contribution >= 4 is 18.3 Å². The molecule has 1 atom stereocenters. The summed E-state index contributed by atoms with van der Waals surface area (Å²) in [6.45, 7) is 5.01. The summed E-state index contributed by atoms with van der Waals surface area (Å²) in [6, 6.07) is 8.54. The van der Waals surface area contributed by atoms with Crippen molar-refractivity contribution in [2.45, 2.75) is 57.7 Å². The first-order valence-corrected chi connectivity index (χ1v) is 9.13. The molecular weight excluding hydrogens is 322 g/mol. The zero-order valence-electron chi connectivity index (χ0n) is 14.4. The van der Waals surface area contributed by atoms with E-state index in [-0.39, 0.29) is 24.4 Å². The van der Waals surface area contributed by atoms with Crippen LogP contribution in [0.15, 0.2) is 24.3 Å². The molecule has 3 rings (SSSR count). The van der Waals surface area contributed by atoms with Crippen molar-refractivity contribution < 1.29 is 4.79 Å². The fourth-order valence-corrected chi connectivity index (χ4v) is 3.63. The van der Waals surface area contributed by atoms with E-state index in [1.54, 1.807) is 0 Å². The van der Waals surface area contributed by atoms with Crippen LogP contribution in [0.1, 0.15) is 49.7 Å². The molecule has 2 N–H and O–H groups in total. The minimum Gasteiger partial charge on any atom is -0.351 e. The minimum atomic E-state index is 0. The van der Waals surface area contributed by atoms with Crippen LogP contribution in [-0.4, -0.2) is 36.5 Å². The van der Waals surface area contributed by atoms with Gasteiger partial charge in [0.05, 0.1) is 6.04 Å². The number of nitrogens with one attached hydrogen (secondary N) is 2. The van der Waals surface area contributed by atoms with Gasteiger partial charge in [-0.1, -0.05) is 37.1 Å². The Morgan fingerprint density at radius 2 is 1.79 bits per heavy atom. The maximum absolute atomic E-state index is 12.2. The molecule has 1 aromatic carbocycles. The Bertz CT molecular complexity index is 509. The molecule has 0 aromatic heterocycles. The molecule has 5 heteroatoms. The van der Waals surface area contributed by atoms with Crippen LogP contribution in [0.25, 0.3) is 0 Å². The Morgan fingerprint density at radius 3 is 2.46 bits per heavy atom. The third-order valence-electron chi connectivity index (χ3n) is 5.04. The lowest BCUT2D eigenvalue weighted by Gasteiger charge is -2.22. The Hall–Kier alpha value is -1.10. The number of hydrogen-bond donors (Lipinski definition) is 2. The zero-order chi connectivity index (χ0) is 15.9. The summed E-state index contributed by atoms with van der Waals surface area (Å²) in [5.41, 5.74) is 2.61. The largest absolute Gasteiger partial charge is 0.351 e. The van der Waals surface area contributed by atoms with Crippen molar-refractivity contribution in [3.8, 4) is 0 Å². The lowest BCUT2D eigenvalue weighted by Crippen LogP contribution is -2.40. The van der Waals surface area contributed by atoms with Crippen molar-refractivity contribution in [2.75, 3.05) is 19.6 Å². The first-order chi connectivity index (χ1) is 11.3. The van der Waals surface area contributed by atoms with Crippen molar-refractivity contribution in [2.24, 2.45) is 0 Å². The summed E-state index contributed by atoms with van der Waals surface area (Å²) in [5.74, 6) is 0.145. The normalized spacial score (nSPS) is 21.8. The SMILES string of the molecule is Cl.O=C(NCc1ccccc1CN1CCCCCC1)C1CCCN1. The van der Waals surface area contributed by atoms with Crippen molar-refractivity contribution in [3.05, 3.63) is 35.4 Å². The highest BCUT2D eigenvalue weighted by molar-refractivity contribution is 5.85. The van der Waals surface area contributed by atoms with E-state index in [4.69, 9.17) is 0 Å².